The van der Waals surface area contributed by atoms with Gasteiger partial charge in [0, 0.05) is 6.04 Å². The molecule has 1 aliphatic carbocycles. The first-order chi connectivity index (χ1) is 9.09. The predicted molar refractivity (Wildman–Crippen MR) is 83.4 cm³/mol. The van der Waals surface area contributed by atoms with Gasteiger partial charge in [0.15, 0.2) is 0 Å². The molecule has 0 radical (unpaired) electrons. The maximum Gasteiger partial charge on any atom is 0.0658 e. The van der Waals surface area contributed by atoms with E-state index in [2.05, 4.69) is 20.8 Å². The van der Waals surface area contributed by atoms with E-state index in [1.165, 1.54) is 57.8 Å². The monoisotopic (exact) mass is 269 g/mol. The molecule has 0 aromatic carbocycles. The van der Waals surface area contributed by atoms with Gasteiger partial charge in [-0.1, -0.05) is 58.8 Å². The van der Waals surface area contributed by atoms with Crippen molar-refractivity contribution in [3.05, 3.63) is 0 Å². The van der Waals surface area contributed by atoms with Gasteiger partial charge in [-0.05, 0) is 32.6 Å². The van der Waals surface area contributed by atoms with Crippen LogP contribution in [0.2, 0.25) is 0 Å². The zero-order valence-corrected chi connectivity index (χ0v) is 13.4. The van der Waals surface area contributed by atoms with Crippen LogP contribution in [0.5, 0.6) is 0 Å². The fourth-order valence-electron chi connectivity index (χ4n) is 3.02. The van der Waals surface area contributed by atoms with Crippen LogP contribution in [0.25, 0.3) is 0 Å². The van der Waals surface area contributed by atoms with E-state index in [1.54, 1.807) is 0 Å². The van der Waals surface area contributed by atoms with E-state index in [0.29, 0.717) is 12.1 Å². The molecule has 0 heterocycles. The maximum atomic E-state index is 6.39. The lowest BCUT2D eigenvalue weighted by atomic mass is 9.87. The summed E-state index contributed by atoms with van der Waals surface area (Å²) in [6.07, 6.45) is 14.3. The predicted octanol–water partition coefficient (Wildman–Crippen LogP) is 4.80. The SMILES string of the molecule is CCCCCCC(C)(CCCCC)OC1CC(N)C1. The zero-order chi connectivity index (χ0) is 14.1. The molecule has 2 nitrogen and oxygen atoms in total. The molecule has 19 heavy (non-hydrogen) atoms. The number of unbranched alkanes of at least 4 members (excludes halogenated alkanes) is 5. The van der Waals surface area contributed by atoms with Crippen molar-refractivity contribution in [1.82, 2.24) is 0 Å². The molecular weight excluding hydrogens is 234 g/mol. The Kier molecular flexibility index (Phi) is 8.01. The Morgan fingerprint density at radius 2 is 1.47 bits per heavy atom. The molecule has 2 heteroatoms. The van der Waals surface area contributed by atoms with E-state index in [9.17, 15) is 0 Å². The average molecular weight is 269 g/mol. The van der Waals surface area contributed by atoms with Crippen LogP contribution < -0.4 is 5.73 Å². The van der Waals surface area contributed by atoms with Crippen LogP contribution in [0.4, 0.5) is 0 Å². The summed E-state index contributed by atoms with van der Waals surface area (Å²) in [5.74, 6) is 0. The molecule has 0 amide bonds. The van der Waals surface area contributed by atoms with Crippen molar-refractivity contribution in [3.8, 4) is 0 Å². The van der Waals surface area contributed by atoms with Crippen molar-refractivity contribution in [2.24, 2.45) is 5.73 Å². The van der Waals surface area contributed by atoms with Crippen LogP contribution in [0, 0.1) is 0 Å². The molecule has 1 rings (SSSR count). The first kappa shape index (κ1) is 17.0. The van der Waals surface area contributed by atoms with Crippen LogP contribution in [-0.2, 0) is 4.74 Å². The van der Waals surface area contributed by atoms with Crippen molar-refractivity contribution in [1.29, 1.82) is 0 Å². The van der Waals surface area contributed by atoms with Gasteiger partial charge >= 0.3 is 0 Å². The Morgan fingerprint density at radius 3 is 2.00 bits per heavy atom. The molecule has 1 aliphatic rings. The van der Waals surface area contributed by atoms with Crippen molar-refractivity contribution in [2.75, 3.05) is 0 Å². The minimum atomic E-state index is 0.105. The second-order valence-corrected chi connectivity index (χ2v) is 6.69. The summed E-state index contributed by atoms with van der Waals surface area (Å²) >= 11 is 0. The third kappa shape index (κ3) is 6.76. The van der Waals surface area contributed by atoms with E-state index in [0.717, 1.165) is 12.8 Å². The zero-order valence-electron chi connectivity index (χ0n) is 13.4. The third-order valence-electron chi connectivity index (χ3n) is 4.45. The van der Waals surface area contributed by atoms with Gasteiger partial charge in [-0.3, -0.25) is 0 Å². The second kappa shape index (κ2) is 8.97. The van der Waals surface area contributed by atoms with Crippen LogP contribution in [0.1, 0.15) is 91.4 Å². The van der Waals surface area contributed by atoms with Gasteiger partial charge in [-0.15, -0.1) is 0 Å². The summed E-state index contributed by atoms with van der Waals surface area (Å²) in [5.41, 5.74) is 5.97. The molecule has 0 aromatic heterocycles. The van der Waals surface area contributed by atoms with Crippen molar-refractivity contribution < 1.29 is 4.74 Å². The Labute approximate surface area is 120 Å². The van der Waals surface area contributed by atoms with E-state index >= 15 is 0 Å². The fourth-order valence-corrected chi connectivity index (χ4v) is 3.02. The molecule has 2 N–H and O–H groups in total. The highest BCUT2D eigenvalue weighted by Gasteiger charge is 2.34. The van der Waals surface area contributed by atoms with Crippen LogP contribution in [-0.4, -0.2) is 17.7 Å². The second-order valence-electron chi connectivity index (χ2n) is 6.69. The van der Waals surface area contributed by atoms with Gasteiger partial charge in [0.05, 0.1) is 11.7 Å². The molecule has 1 saturated carbocycles. The quantitative estimate of drug-likeness (QED) is 0.547. The maximum absolute atomic E-state index is 6.39. The fraction of sp³-hybridized carbons (Fsp3) is 1.00. The minimum absolute atomic E-state index is 0.105. The van der Waals surface area contributed by atoms with Gasteiger partial charge in [-0.25, -0.2) is 0 Å². The Morgan fingerprint density at radius 1 is 0.947 bits per heavy atom. The van der Waals surface area contributed by atoms with Crippen molar-refractivity contribution in [3.63, 3.8) is 0 Å². The highest BCUT2D eigenvalue weighted by Crippen LogP contribution is 2.33. The summed E-state index contributed by atoms with van der Waals surface area (Å²) in [4.78, 5) is 0. The number of nitrogens with two attached hydrogens (primary N) is 1. The number of hydrogen-bond donors (Lipinski definition) is 1. The molecular formula is C17H35NO. The van der Waals surface area contributed by atoms with Crippen molar-refractivity contribution >= 4 is 0 Å². The molecule has 0 aromatic rings. The summed E-state index contributed by atoms with van der Waals surface area (Å²) in [7, 11) is 0. The Bertz CT molecular complexity index is 225. The summed E-state index contributed by atoms with van der Waals surface area (Å²) in [6, 6.07) is 0.394. The van der Waals surface area contributed by atoms with Gasteiger partial charge in [0.25, 0.3) is 0 Å². The average Bonchev–Trinajstić information content (AvgIpc) is 2.33. The standard InChI is InChI=1S/C17H35NO/c1-4-6-8-10-12-17(3,11-9-7-5-2)19-16-13-15(18)14-16/h15-16H,4-14,18H2,1-3H3. The number of rotatable bonds is 11. The first-order valence-corrected chi connectivity index (χ1v) is 8.53. The molecule has 0 saturated heterocycles. The topological polar surface area (TPSA) is 35.2 Å². The number of ether oxygens (including phenoxy) is 1. The third-order valence-corrected chi connectivity index (χ3v) is 4.45. The highest BCUT2D eigenvalue weighted by molar-refractivity contribution is 4.87. The minimum Gasteiger partial charge on any atom is -0.372 e. The number of hydrogen-bond acceptors (Lipinski definition) is 2. The van der Waals surface area contributed by atoms with E-state index in [4.69, 9.17) is 10.5 Å². The van der Waals surface area contributed by atoms with Crippen molar-refractivity contribution in [2.45, 2.75) is 109 Å². The van der Waals surface area contributed by atoms with Crippen LogP contribution >= 0.6 is 0 Å². The summed E-state index contributed by atoms with van der Waals surface area (Å²) in [5, 5.41) is 0. The van der Waals surface area contributed by atoms with Crippen LogP contribution in [0.15, 0.2) is 0 Å². The molecule has 0 aliphatic heterocycles. The molecule has 0 bridgehead atoms. The molecule has 114 valence electrons. The molecule has 1 unspecified atom stereocenters. The smallest absolute Gasteiger partial charge is 0.0658 e. The van der Waals surface area contributed by atoms with Gasteiger partial charge in [0.1, 0.15) is 0 Å². The molecule has 0 spiro atoms. The summed E-state index contributed by atoms with van der Waals surface area (Å²) in [6.45, 7) is 6.87. The molecule has 1 atom stereocenters. The van der Waals surface area contributed by atoms with E-state index in [1.807, 2.05) is 0 Å². The lowest BCUT2D eigenvalue weighted by Crippen LogP contribution is -2.46. The summed E-state index contributed by atoms with van der Waals surface area (Å²) < 4.78 is 6.39. The van der Waals surface area contributed by atoms with Gasteiger partial charge < -0.3 is 10.5 Å². The van der Waals surface area contributed by atoms with Crippen LogP contribution in [0.3, 0.4) is 0 Å². The lowest BCUT2D eigenvalue weighted by Gasteiger charge is -2.41. The van der Waals surface area contributed by atoms with Gasteiger partial charge in [-0.2, -0.15) is 0 Å². The molecule has 1 fully saturated rings. The van der Waals surface area contributed by atoms with E-state index in [-0.39, 0.29) is 5.60 Å². The Hall–Kier alpha value is -0.0800. The van der Waals surface area contributed by atoms with Gasteiger partial charge in [0.2, 0.25) is 0 Å². The normalized spacial score (nSPS) is 25.9. The lowest BCUT2D eigenvalue weighted by molar-refractivity contribution is -0.126. The highest BCUT2D eigenvalue weighted by atomic mass is 16.5. The van der Waals surface area contributed by atoms with E-state index < -0.39 is 0 Å². The first-order valence-electron chi connectivity index (χ1n) is 8.53. The largest absolute Gasteiger partial charge is 0.372 e. The Balaban J connectivity index is 2.31.